The largest absolute Gasteiger partial charge is 0.497 e. The first-order chi connectivity index (χ1) is 16.0. The quantitative estimate of drug-likeness (QED) is 0.439. The highest BCUT2D eigenvalue weighted by atomic mass is 32.1. The molecule has 0 aliphatic rings. The summed E-state index contributed by atoms with van der Waals surface area (Å²) in [7, 11) is 3.13. The van der Waals surface area contributed by atoms with Crippen LogP contribution in [-0.4, -0.2) is 38.7 Å². The van der Waals surface area contributed by atoms with Gasteiger partial charge in [-0.25, -0.2) is 0 Å². The SMILES string of the molecule is COc1ccc(C(=O)N/C(=C\c2cccs2)C(=O)N[C@H](C)COc2ccccc2OC)cc1. The molecule has 0 saturated carbocycles. The van der Waals surface area contributed by atoms with Crippen LogP contribution in [0.25, 0.3) is 6.08 Å². The van der Waals surface area contributed by atoms with Crippen LogP contribution in [0, 0.1) is 0 Å². The molecule has 0 bridgehead atoms. The smallest absolute Gasteiger partial charge is 0.268 e. The summed E-state index contributed by atoms with van der Waals surface area (Å²) in [6, 6.07) is 17.4. The van der Waals surface area contributed by atoms with Gasteiger partial charge in [0.1, 0.15) is 18.1 Å². The zero-order valence-electron chi connectivity index (χ0n) is 18.7. The van der Waals surface area contributed by atoms with E-state index in [1.54, 1.807) is 56.7 Å². The minimum absolute atomic E-state index is 0.141. The average molecular weight is 467 g/mol. The number of methoxy groups -OCH3 is 2. The number of benzene rings is 2. The van der Waals surface area contributed by atoms with Crippen molar-refractivity contribution >= 4 is 29.2 Å². The third-order valence-corrected chi connectivity index (χ3v) is 5.43. The lowest BCUT2D eigenvalue weighted by Crippen LogP contribution is -2.41. The summed E-state index contributed by atoms with van der Waals surface area (Å²) in [6.07, 6.45) is 1.65. The van der Waals surface area contributed by atoms with Gasteiger partial charge in [-0.2, -0.15) is 0 Å². The second-order valence-electron chi connectivity index (χ2n) is 7.09. The fourth-order valence-electron chi connectivity index (χ4n) is 2.91. The van der Waals surface area contributed by atoms with Gasteiger partial charge in [-0.15, -0.1) is 11.3 Å². The van der Waals surface area contributed by atoms with Crippen molar-refractivity contribution in [3.05, 3.63) is 82.2 Å². The molecular formula is C25H26N2O5S. The summed E-state index contributed by atoms with van der Waals surface area (Å²) < 4.78 is 16.2. The molecule has 172 valence electrons. The van der Waals surface area contributed by atoms with Gasteiger partial charge in [0.15, 0.2) is 11.5 Å². The van der Waals surface area contributed by atoms with Crippen LogP contribution in [-0.2, 0) is 4.79 Å². The maximum Gasteiger partial charge on any atom is 0.268 e. The molecule has 8 heteroatoms. The molecule has 2 aromatic carbocycles. The Morgan fingerprint density at radius 3 is 2.33 bits per heavy atom. The van der Waals surface area contributed by atoms with Crippen molar-refractivity contribution in [1.29, 1.82) is 0 Å². The lowest BCUT2D eigenvalue weighted by Gasteiger charge is -2.18. The van der Waals surface area contributed by atoms with Crippen LogP contribution in [0.3, 0.4) is 0 Å². The average Bonchev–Trinajstić information content (AvgIpc) is 3.35. The number of hydrogen-bond acceptors (Lipinski definition) is 6. The van der Waals surface area contributed by atoms with Crippen LogP contribution in [0.4, 0.5) is 0 Å². The topological polar surface area (TPSA) is 85.9 Å². The Hall–Kier alpha value is -3.78. The first kappa shape index (κ1) is 23.9. The molecule has 33 heavy (non-hydrogen) atoms. The van der Waals surface area contributed by atoms with E-state index in [9.17, 15) is 9.59 Å². The van der Waals surface area contributed by atoms with Gasteiger partial charge in [-0.05, 0) is 60.8 Å². The fraction of sp³-hybridized carbons (Fsp3) is 0.200. The summed E-state index contributed by atoms with van der Waals surface area (Å²) in [5, 5.41) is 7.49. The Bertz CT molecular complexity index is 1090. The number of amides is 2. The monoisotopic (exact) mass is 466 g/mol. The summed E-state index contributed by atoms with van der Waals surface area (Å²) in [5.74, 6) is 1.03. The van der Waals surface area contributed by atoms with Crippen LogP contribution in [0.15, 0.2) is 71.7 Å². The van der Waals surface area contributed by atoms with Crippen LogP contribution in [0.1, 0.15) is 22.2 Å². The maximum atomic E-state index is 13.0. The molecule has 3 aromatic rings. The molecule has 3 rings (SSSR count). The lowest BCUT2D eigenvalue weighted by molar-refractivity contribution is -0.118. The van der Waals surface area contributed by atoms with Crippen LogP contribution < -0.4 is 24.8 Å². The molecule has 0 fully saturated rings. The predicted octanol–water partition coefficient (Wildman–Crippen LogP) is 4.12. The number of carbonyl (C=O) groups excluding carboxylic acids is 2. The number of hydrogen-bond donors (Lipinski definition) is 2. The van der Waals surface area contributed by atoms with Crippen LogP contribution in [0.5, 0.6) is 17.2 Å². The lowest BCUT2D eigenvalue weighted by atomic mass is 10.2. The van der Waals surface area contributed by atoms with Gasteiger partial charge < -0.3 is 24.8 Å². The van der Waals surface area contributed by atoms with Crippen LogP contribution >= 0.6 is 11.3 Å². The van der Waals surface area contributed by atoms with E-state index in [0.717, 1.165) is 4.88 Å². The Morgan fingerprint density at radius 2 is 1.70 bits per heavy atom. The van der Waals surface area contributed by atoms with Crippen molar-refractivity contribution in [2.24, 2.45) is 0 Å². The summed E-state index contributed by atoms with van der Waals surface area (Å²) in [6.45, 7) is 2.05. The Morgan fingerprint density at radius 1 is 0.970 bits per heavy atom. The third kappa shape index (κ3) is 6.85. The number of nitrogens with one attached hydrogen (secondary N) is 2. The Balaban J connectivity index is 1.68. The predicted molar refractivity (Wildman–Crippen MR) is 129 cm³/mol. The first-order valence-electron chi connectivity index (χ1n) is 10.3. The second kappa shape index (κ2) is 11.7. The summed E-state index contributed by atoms with van der Waals surface area (Å²) >= 11 is 1.46. The fourth-order valence-corrected chi connectivity index (χ4v) is 3.56. The van der Waals surface area contributed by atoms with E-state index in [1.807, 2.05) is 36.6 Å². The molecule has 0 spiro atoms. The summed E-state index contributed by atoms with van der Waals surface area (Å²) in [4.78, 5) is 26.6. The molecule has 1 aromatic heterocycles. The minimum atomic E-state index is -0.415. The van der Waals surface area contributed by atoms with E-state index < -0.39 is 11.8 Å². The molecule has 0 aliphatic heterocycles. The van der Waals surface area contributed by atoms with Gasteiger partial charge >= 0.3 is 0 Å². The molecule has 1 heterocycles. The maximum absolute atomic E-state index is 13.0. The summed E-state index contributed by atoms with van der Waals surface area (Å²) in [5.41, 5.74) is 0.552. The number of thiophene rings is 1. The standard InChI is InChI=1S/C25H26N2O5S/c1-17(16-32-23-9-5-4-8-22(23)31-3)26-25(29)21(15-20-7-6-14-33-20)27-24(28)18-10-12-19(30-2)13-11-18/h4-15,17H,16H2,1-3H3,(H,26,29)(H,27,28)/b21-15-/t17-/m1/s1. The highest BCUT2D eigenvalue weighted by Crippen LogP contribution is 2.25. The van der Waals surface area contributed by atoms with E-state index in [1.165, 1.54) is 11.3 Å². The number of para-hydroxylation sites is 2. The van der Waals surface area contributed by atoms with E-state index in [4.69, 9.17) is 14.2 Å². The zero-order valence-corrected chi connectivity index (χ0v) is 19.5. The number of carbonyl (C=O) groups is 2. The van der Waals surface area contributed by atoms with Crippen molar-refractivity contribution in [2.45, 2.75) is 13.0 Å². The molecular weight excluding hydrogens is 440 g/mol. The molecule has 0 aliphatic carbocycles. The normalized spacial score (nSPS) is 11.9. The molecule has 0 unspecified atom stereocenters. The molecule has 0 radical (unpaired) electrons. The van der Waals surface area contributed by atoms with Gasteiger partial charge in [-0.1, -0.05) is 18.2 Å². The van der Waals surface area contributed by atoms with E-state index in [0.29, 0.717) is 22.8 Å². The molecule has 7 nitrogen and oxygen atoms in total. The van der Waals surface area contributed by atoms with Gasteiger partial charge in [0.25, 0.3) is 11.8 Å². The zero-order chi connectivity index (χ0) is 23.6. The van der Waals surface area contributed by atoms with Gasteiger partial charge in [0, 0.05) is 10.4 Å². The molecule has 2 amide bonds. The van der Waals surface area contributed by atoms with Crippen molar-refractivity contribution in [2.75, 3.05) is 20.8 Å². The molecule has 1 atom stereocenters. The van der Waals surface area contributed by atoms with Crippen molar-refractivity contribution in [3.63, 3.8) is 0 Å². The van der Waals surface area contributed by atoms with E-state index >= 15 is 0 Å². The highest BCUT2D eigenvalue weighted by molar-refractivity contribution is 7.10. The molecule has 2 N–H and O–H groups in total. The number of ether oxygens (including phenoxy) is 3. The Labute approximate surface area is 197 Å². The third-order valence-electron chi connectivity index (χ3n) is 4.61. The highest BCUT2D eigenvalue weighted by Gasteiger charge is 2.18. The van der Waals surface area contributed by atoms with Gasteiger partial charge in [0.2, 0.25) is 0 Å². The number of rotatable bonds is 10. The molecule has 0 saturated heterocycles. The van der Waals surface area contributed by atoms with Gasteiger partial charge in [0.05, 0.1) is 20.3 Å². The van der Waals surface area contributed by atoms with E-state index in [-0.39, 0.29) is 18.3 Å². The van der Waals surface area contributed by atoms with Crippen molar-refractivity contribution < 1.29 is 23.8 Å². The first-order valence-corrected chi connectivity index (χ1v) is 11.2. The Kier molecular flexibility index (Phi) is 8.49. The van der Waals surface area contributed by atoms with Gasteiger partial charge in [-0.3, -0.25) is 9.59 Å². The van der Waals surface area contributed by atoms with E-state index in [2.05, 4.69) is 10.6 Å². The minimum Gasteiger partial charge on any atom is -0.497 e. The van der Waals surface area contributed by atoms with Crippen LogP contribution in [0.2, 0.25) is 0 Å². The van der Waals surface area contributed by atoms with Crippen molar-refractivity contribution in [3.8, 4) is 17.2 Å². The second-order valence-corrected chi connectivity index (χ2v) is 8.07. The van der Waals surface area contributed by atoms with Crippen molar-refractivity contribution in [1.82, 2.24) is 10.6 Å².